The van der Waals surface area contributed by atoms with Crippen LogP contribution in [0.1, 0.15) is 0 Å². The van der Waals surface area contributed by atoms with Gasteiger partial charge in [-0.2, -0.15) is 0 Å². The van der Waals surface area contributed by atoms with Crippen molar-refractivity contribution < 1.29 is 4.52 Å². The molecular formula is C9H7ClN2O. The summed E-state index contributed by atoms with van der Waals surface area (Å²) in [5, 5.41) is 4.28. The molecule has 0 aliphatic heterocycles. The highest BCUT2D eigenvalue weighted by Crippen LogP contribution is 2.25. The molecule has 0 bridgehead atoms. The minimum atomic E-state index is 0.391. The van der Waals surface area contributed by atoms with Gasteiger partial charge in [0, 0.05) is 5.02 Å². The van der Waals surface area contributed by atoms with Crippen molar-refractivity contribution in [1.82, 2.24) is 5.16 Å². The molecule has 0 saturated heterocycles. The third kappa shape index (κ3) is 1.51. The highest BCUT2D eigenvalue weighted by molar-refractivity contribution is 6.30. The van der Waals surface area contributed by atoms with Gasteiger partial charge in [0.05, 0.1) is 5.56 Å². The van der Waals surface area contributed by atoms with Gasteiger partial charge in [-0.05, 0) is 17.7 Å². The van der Waals surface area contributed by atoms with Crippen molar-refractivity contribution in [3.8, 4) is 11.1 Å². The Hall–Kier alpha value is -1.48. The fourth-order valence-corrected chi connectivity index (χ4v) is 1.22. The Morgan fingerprint density at radius 1 is 1.23 bits per heavy atom. The molecular weight excluding hydrogens is 188 g/mol. The topological polar surface area (TPSA) is 52.0 Å². The normalized spacial score (nSPS) is 10.2. The fraction of sp³-hybridized carbons (Fsp3) is 0. The lowest BCUT2D eigenvalue weighted by atomic mass is 10.1. The zero-order valence-corrected chi connectivity index (χ0v) is 7.45. The second kappa shape index (κ2) is 3.11. The van der Waals surface area contributed by atoms with Crippen LogP contribution in [0.4, 0.5) is 5.82 Å². The van der Waals surface area contributed by atoms with Gasteiger partial charge in [-0.25, -0.2) is 0 Å². The van der Waals surface area contributed by atoms with Crippen LogP contribution in [0.5, 0.6) is 0 Å². The lowest BCUT2D eigenvalue weighted by molar-refractivity contribution is 0.423. The summed E-state index contributed by atoms with van der Waals surface area (Å²) in [7, 11) is 0. The average Bonchev–Trinajstić information content (AvgIpc) is 2.53. The van der Waals surface area contributed by atoms with Gasteiger partial charge in [0.1, 0.15) is 6.26 Å². The molecule has 0 aliphatic rings. The van der Waals surface area contributed by atoms with Crippen LogP contribution in [-0.2, 0) is 0 Å². The van der Waals surface area contributed by atoms with Crippen molar-refractivity contribution in [3.63, 3.8) is 0 Å². The summed E-state index contributed by atoms with van der Waals surface area (Å²) >= 11 is 5.74. The fourth-order valence-electron chi connectivity index (χ4n) is 1.09. The Balaban J connectivity index is 2.47. The van der Waals surface area contributed by atoms with Gasteiger partial charge < -0.3 is 10.3 Å². The van der Waals surface area contributed by atoms with Crippen LogP contribution in [-0.4, -0.2) is 5.16 Å². The van der Waals surface area contributed by atoms with Crippen LogP contribution in [0.3, 0.4) is 0 Å². The van der Waals surface area contributed by atoms with E-state index in [-0.39, 0.29) is 0 Å². The molecule has 1 heterocycles. The van der Waals surface area contributed by atoms with Crippen molar-refractivity contribution in [2.45, 2.75) is 0 Å². The van der Waals surface area contributed by atoms with Crippen LogP contribution in [0.25, 0.3) is 11.1 Å². The second-order valence-electron chi connectivity index (χ2n) is 2.62. The quantitative estimate of drug-likeness (QED) is 0.759. The van der Waals surface area contributed by atoms with Gasteiger partial charge in [-0.1, -0.05) is 28.9 Å². The molecule has 0 radical (unpaired) electrons. The monoisotopic (exact) mass is 194 g/mol. The lowest BCUT2D eigenvalue weighted by Gasteiger charge is -1.96. The van der Waals surface area contributed by atoms with Crippen LogP contribution in [0.15, 0.2) is 35.1 Å². The molecule has 0 unspecified atom stereocenters. The summed E-state index contributed by atoms with van der Waals surface area (Å²) in [6.07, 6.45) is 1.51. The van der Waals surface area contributed by atoms with Crippen LogP contribution in [0, 0.1) is 0 Å². The molecule has 0 aliphatic carbocycles. The van der Waals surface area contributed by atoms with Gasteiger partial charge in [-0.3, -0.25) is 0 Å². The van der Waals surface area contributed by atoms with Crippen LogP contribution < -0.4 is 5.73 Å². The summed E-state index contributed by atoms with van der Waals surface area (Å²) < 4.78 is 4.72. The molecule has 2 aromatic rings. The van der Waals surface area contributed by atoms with E-state index in [9.17, 15) is 0 Å². The molecule has 1 aromatic carbocycles. The molecule has 1 aromatic heterocycles. The third-order valence-corrected chi connectivity index (χ3v) is 2.00. The number of hydrogen-bond acceptors (Lipinski definition) is 3. The van der Waals surface area contributed by atoms with Gasteiger partial charge in [-0.15, -0.1) is 0 Å². The van der Waals surface area contributed by atoms with E-state index in [0.717, 1.165) is 11.1 Å². The summed E-state index contributed by atoms with van der Waals surface area (Å²) in [6.45, 7) is 0. The van der Waals surface area contributed by atoms with Gasteiger partial charge >= 0.3 is 0 Å². The lowest BCUT2D eigenvalue weighted by Crippen LogP contribution is -1.86. The molecule has 0 fully saturated rings. The van der Waals surface area contributed by atoms with Crippen molar-refractivity contribution in [3.05, 3.63) is 35.6 Å². The van der Waals surface area contributed by atoms with E-state index in [4.69, 9.17) is 21.9 Å². The zero-order valence-electron chi connectivity index (χ0n) is 6.70. The first-order valence-corrected chi connectivity index (χ1v) is 4.11. The maximum Gasteiger partial charge on any atom is 0.174 e. The number of anilines is 1. The summed E-state index contributed by atoms with van der Waals surface area (Å²) in [4.78, 5) is 0. The minimum Gasteiger partial charge on any atom is -0.380 e. The summed E-state index contributed by atoms with van der Waals surface area (Å²) in [5.74, 6) is 0.391. The number of rotatable bonds is 1. The van der Waals surface area contributed by atoms with E-state index in [1.807, 2.05) is 12.1 Å². The molecule has 66 valence electrons. The molecule has 0 amide bonds. The van der Waals surface area contributed by atoms with E-state index in [2.05, 4.69) is 5.16 Å². The zero-order chi connectivity index (χ0) is 9.26. The van der Waals surface area contributed by atoms with E-state index in [0.29, 0.717) is 10.8 Å². The first kappa shape index (κ1) is 8.13. The number of benzene rings is 1. The SMILES string of the molecule is Nc1nocc1-c1ccc(Cl)cc1. The minimum absolute atomic E-state index is 0.391. The molecule has 0 spiro atoms. The predicted molar refractivity (Wildman–Crippen MR) is 51.4 cm³/mol. The average molecular weight is 195 g/mol. The highest BCUT2D eigenvalue weighted by atomic mass is 35.5. The summed E-state index contributed by atoms with van der Waals surface area (Å²) in [5.41, 5.74) is 7.31. The number of aromatic nitrogens is 1. The number of nitrogens with two attached hydrogens (primary N) is 1. The van der Waals surface area contributed by atoms with E-state index in [1.54, 1.807) is 12.1 Å². The van der Waals surface area contributed by atoms with Crippen LogP contribution >= 0.6 is 11.6 Å². The third-order valence-electron chi connectivity index (χ3n) is 1.75. The highest BCUT2D eigenvalue weighted by Gasteiger charge is 2.05. The molecule has 0 saturated carbocycles. The molecule has 2 rings (SSSR count). The number of nitrogens with zero attached hydrogens (tertiary/aromatic N) is 1. The predicted octanol–water partition coefficient (Wildman–Crippen LogP) is 2.58. The van der Waals surface area contributed by atoms with Gasteiger partial charge in [0.15, 0.2) is 5.82 Å². The largest absolute Gasteiger partial charge is 0.380 e. The molecule has 13 heavy (non-hydrogen) atoms. The van der Waals surface area contributed by atoms with Crippen molar-refractivity contribution in [1.29, 1.82) is 0 Å². The van der Waals surface area contributed by atoms with E-state index < -0.39 is 0 Å². The first-order chi connectivity index (χ1) is 6.27. The number of nitrogen functional groups attached to an aromatic ring is 1. The second-order valence-corrected chi connectivity index (χ2v) is 3.06. The molecule has 3 nitrogen and oxygen atoms in total. The van der Waals surface area contributed by atoms with Crippen molar-refractivity contribution >= 4 is 17.4 Å². The number of halogens is 1. The van der Waals surface area contributed by atoms with Gasteiger partial charge in [0.25, 0.3) is 0 Å². The maximum absolute atomic E-state index is 5.74. The smallest absolute Gasteiger partial charge is 0.174 e. The number of hydrogen-bond donors (Lipinski definition) is 1. The van der Waals surface area contributed by atoms with Crippen LogP contribution in [0.2, 0.25) is 5.02 Å². The molecule has 2 N–H and O–H groups in total. The Morgan fingerprint density at radius 2 is 1.92 bits per heavy atom. The Kier molecular flexibility index (Phi) is 1.94. The van der Waals surface area contributed by atoms with Gasteiger partial charge in [0.2, 0.25) is 0 Å². The Bertz CT molecular complexity index is 408. The maximum atomic E-state index is 5.74. The van der Waals surface area contributed by atoms with Crippen molar-refractivity contribution in [2.75, 3.05) is 5.73 Å². The Labute approximate surface area is 80.1 Å². The van der Waals surface area contributed by atoms with Crippen molar-refractivity contribution in [2.24, 2.45) is 0 Å². The van der Waals surface area contributed by atoms with E-state index >= 15 is 0 Å². The molecule has 4 heteroatoms. The molecule has 0 atom stereocenters. The Morgan fingerprint density at radius 3 is 2.46 bits per heavy atom. The first-order valence-electron chi connectivity index (χ1n) is 3.73. The van der Waals surface area contributed by atoms with E-state index in [1.165, 1.54) is 6.26 Å². The summed E-state index contributed by atoms with van der Waals surface area (Å²) in [6, 6.07) is 7.32. The standard InChI is InChI=1S/C9H7ClN2O/c10-7-3-1-6(2-4-7)8-5-13-12-9(8)11/h1-5H,(H2,11,12).